The Morgan fingerprint density at radius 1 is 1.21 bits per heavy atom. The molecule has 1 aromatic carbocycles. The summed E-state index contributed by atoms with van der Waals surface area (Å²) in [5.41, 5.74) is 2.85. The number of hydrogen-bond acceptors (Lipinski definition) is 2. The first-order valence-corrected chi connectivity index (χ1v) is 6.55. The Morgan fingerprint density at radius 3 is 2.74 bits per heavy atom. The van der Waals surface area contributed by atoms with Crippen molar-refractivity contribution in [1.82, 2.24) is 9.55 Å². The van der Waals surface area contributed by atoms with Crippen LogP contribution < -0.4 is 0 Å². The fourth-order valence-electron chi connectivity index (χ4n) is 2.55. The van der Waals surface area contributed by atoms with Gasteiger partial charge in [-0.2, -0.15) is 0 Å². The van der Waals surface area contributed by atoms with E-state index in [0.717, 1.165) is 25.0 Å². The molecule has 0 N–H and O–H groups in total. The molecule has 2 aromatic rings. The Labute approximate surface area is 111 Å². The van der Waals surface area contributed by atoms with Crippen LogP contribution >= 0.6 is 0 Å². The van der Waals surface area contributed by atoms with Crippen LogP contribution in [-0.4, -0.2) is 15.3 Å². The van der Waals surface area contributed by atoms with Crippen LogP contribution in [0.1, 0.15) is 34.6 Å². The summed E-state index contributed by atoms with van der Waals surface area (Å²) >= 11 is 0. The van der Waals surface area contributed by atoms with Gasteiger partial charge in [0.15, 0.2) is 5.78 Å². The highest BCUT2D eigenvalue weighted by Gasteiger charge is 2.17. The summed E-state index contributed by atoms with van der Waals surface area (Å²) < 4.78 is 14.8. The molecule has 0 fully saturated rings. The van der Waals surface area contributed by atoms with Gasteiger partial charge < -0.3 is 4.57 Å². The third-order valence-corrected chi connectivity index (χ3v) is 3.59. The molecule has 0 amide bonds. The second-order valence-electron chi connectivity index (χ2n) is 4.90. The first-order chi connectivity index (χ1) is 9.24. The molecule has 0 atom stereocenters. The Morgan fingerprint density at radius 2 is 1.95 bits per heavy atom. The average Bonchev–Trinajstić information content (AvgIpc) is 2.83. The van der Waals surface area contributed by atoms with Crippen molar-refractivity contribution in [1.29, 1.82) is 0 Å². The van der Waals surface area contributed by atoms with Crippen LogP contribution in [-0.2, 0) is 19.4 Å². The van der Waals surface area contributed by atoms with Crippen LogP contribution in [0.15, 0.2) is 30.6 Å². The number of imidazole rings is 1. The quantitative estimate of drug-likeness (QED) is 0.793. The van der Waals surface area contributed by atoms with Crippen molar-refractivity contribution in [2.24, 2.45) is 0 Å². The molecular weight excluding hydrogens is 243 g/mol. The van der Waals surface area contributed by atoms with Gasteiger partial charge in [0.25, 0.3) is 0 Å². The smallest absolute Gasteiger partial charge is 0.182 e. The summed E-state index contributed by atoms with van der Waals surface area (Å²) in [6, 6.07) is 5.69. The lowest BCUT2D eigenvalue weighted by Gasteiger charge is -2.13. The van der Waals surface area contributed by atoms with Crippen molar-refractivity contribution in [3.8, 4) is 0 Å². The van der Waals surface area contributed by atoms with Gasteiger partial charge in [0, 0.05) is 11.3 Å². The number of aryl methyl sites for hydroxylation is 1. The molecule has 98 valence electrons. The van der Waals surface area contributed by atoms with Crippen molar-refractivity contribution in [3.63, 3.8) is 0 Å². The maximum Gasteiger partial charge on any atom is 0.182 e. The fourth-order valence-corrected chi connectivity index (χ4v) is 2.55. The first-order valence-electron chi connectivity index (χ1n) is 6.55. The van der Waals surface area contributed by atoms with Gasteiger partial charge in [-0.25, -0.2) is 9.37 Å². The largest absolute Gasteiger partial charge is 0.327 e. The number of ketones is 1. The number of Topliss-reactive ketones (excluding diaryl/α,β-unsaturated/α-hetero) is 1. The van der Waals surface area contributed by atoms with Gasteiger partial charge in [-0.15, -0.1) is 0 Å². The summed E-state index contributed by atoms with van der Waals surface area (Å²) in [6.07, 6.45) is 6.08. The molecule has 1 aromatic heterocycles. The molecule has 0 radical (unpaired) electrons. The van der Waals surface area contributed by atoms with E-state index in [9.17, 15) is 9.18 Å². The van der Waals surface area contributed by atoms with Gasteiger partial charge in [0.05, 0.1) is 18.6 Å². The molecule has 0 spiro atoms. The molecule has 0 aliphatic heterocycles. The fraction of sp³-hybridized carbons (Fsp3) is 0.333. The van der Waals surface area contributed by atoms with E-state index in [4.69, 9.17) is 0 Å². The van der Waals surface area contributed by atoms with Crippen molar-refractivity contribution in [2.45, 2.75) is 32.2 Å². The molecule has 0 saturated carbocycles. The van der Waals surface area contributed by atoms with E-state index in [0.29, 0.717) is 5.56 Å². The van der Waals surface area contributed by atoms with E-state index >= 15 is 0 Å². The summed E-state index contributed by atoms with van der Waals surface area (Å²) in [6.45, 7) is 0.286. The van der Waals surface area contributed by atoms with E-state index in [1.807, 2.05) is 4.57 Å². The highest BCUT2D eigenvalue weighted by atomic mass is 19.1. The number of carbonyl (C=O) groups excluding carboxylic acids is 1. The van der Waals surface area contributed by atoms with Crippen LogP contribution in [0.4, 0.5) is 4.39 Å². The maximum absolute atomic E-state index is 12.8. The van der Waals surface area contributed by atoms with Gasteiger partial charge in [-0.3, -0.25) is 4.79 Å². The zero-order valence-electron chi connectivity index (χ0n) is 10.6. The number of benzene rings is 1. The third-order valence-electron chi connectivity index (χ3n) is 3.59. The Kier molecular flexibility index (Phi) is 3.15. The Bertz CT molecular complexity index is 601. The van der Waals surface area contributed by atoms with Crippen LogP contribution in [0.5, 0.6) is 0 Å². The van der Waals surface area contributed by atoms with Crippen LogP contribution in [0.2, 0.25) is 0 Å². The molecule has 1 heterocycles. The van der Waals surface area contributed by atoms with Crippen LogP contribution in [0.25, 0.3) is 0 Å². The van der Waals surface area contributed by atoms with E-state index < -0.39 is 0 Å². The standard InChI is InChI=1S/C15H15FN2O/c16-12-7-5-11(6-8-12)15(19)9-18-10-17-13-3-1-2-4-14(13)18/h5-8,10H,1-4,9H2. The van der Waals surface area contributed by atoms with Gasteiger partial charge in [0.2, 0.25) is 0 Å². The van der Waals surface area contributed by atoms with E-state index in [-0.39, 0.29) is 18.1 Å². The molecule has 0 unspecified atom stereocenters. The molecular formula is C15H15FN2O. The lowest BCUT2D eigenvalue weighted by atomic mass is 10.0. The normalized spacial score (nSPS) is 14.2. The topological polar surface area (TPSA) is 34.9 Å². The first kappa shape index (κ1) is 12.1. The minimum Gasteiger partial charge on any atom is -0.327 e. The van der Waals surface area contributed by atoms with E-state index in [2.05, 4.69) is 4.98 Å². The molecule has 1 aliphatic rings. The number of hydrogen-bond donors (Lipinski definition) is 0. The number of fused-ring (bicyclic) bond motifs is 1. The van der Waals surface area contributed by atoms with Crippen molar-refractivity contribution in [2.75, 3.05) is 0 Å². The van der Waals surface area contributed by atoms with Crippen molar-refractivity contribution < 1.29 is 9.18 Å². The van der Waals surface area contributed by atoms with Crippen molar-refractivity contribution >= 4 is 5.78 Å². The van der Waals surface area contributed by atoms with Gasteiger partial charge in [0.1, 0.15) is 5.82 Å². The number of carbonyl (C=O) groups is 1. The monoisotopic (exact) mass is 258 g/mol. The van der Waals surface area contributed by atoms with Gasteiger partial charge in [-0.05, 0) is 49.9 Å². The zero-order valence-corrected chi connectivity index (χ0v) is 10.6. The highest BCUT2D eigenvalue weighted by Crippen LogP contribution is 2.20. The van der Waals surface area contributed by atoms with Crippen molar-refractivity contribution in [3.05, 3.63) is 53.4 Å². The minimum absolute atomic E-state index is 0.00854. The maximum atomic E-state index is 12.8. The third kappa shape index (κ3) is 2.43. The average molecular weight is 258 g/mol. The second kappa shape index (κ2) is 4.96. The molecule has 4 heteroatoms. The predicted octanol–water partition coefficient (Wildman–Crippen LogP) is 2.78. The summed E-state index contributed by atoms with van der Waals surface area (Å²) in [5.74, 6) is -0.331. The summed E-state index contributed by atoms with van der Waals surface area (Å²) in [5, 5.41) is 0. The van der Waals surface area contributed by atoms with Gasteiger partial charge >= 0.3 is 0 Å². The summed E-state index contributed by atoms with van der Waals surface area (Å²) in [7, 11) is 0. The molecule has 1 aliphatic carbocycles. The summed E-state index contributed by atoms with van der Waals surface area (Å²) in [4.78, 5) is 16.5. The minimum atomic E-state index is -0.323. The predicted molar refractivity (Wildman–Crippen MR) is 69.6 cm³/mol. The molecule has 3 nitrogen and oxygen atoms in total. The lowest BCUT2D eigenvalue weighted by Crippen LogP contribution is -2.14. The SMILES string of the molecule is O=C(Cn1cnc2c1CCCC2)c1ccc(F)cc1. The molecule has 0 saturated heterocycles. The zero-order chi connectivity index (χ0) is 13.2. The highest BCUT2D eigenvalue weighted by molar-refractivity contribution is 5.95. The molecule has 19 heavy (non-hydrogen) atoms. The second-order valence-corrected chi connectivity index (χ2v) is 4.90. The van der Waals surface area contributed by atoms with Crippen LogP contribution in [0.3, 0.4) is 0 Å². The van der Waals surface area contributed by atoms with Crippen LogP contribution in [0, 0.1) is 5.82 Å². The van der Waals surface area contributed by atoms with E-state index in [1.165, 1.54) is 36.4 Å². The Balaban J connectivity index is 1.79. The van der Waals surface area contributed by atoms with Gasteiger partial charge in [-0.1, -0.05) is 0 Å². The molecule has 0 bridgehead atoms. The number of aromatic nitrogens is 2. The number of rotatable bonds is 3. The number of nitrogens with zero attached hydrogens (tertiary/aromatic N) is 2. The van der Waals surface area contributed by atoms with E-state index in [1.54, 1.807) is 6.33 Å². The Hall–Kier alpha value is -1.97. The molecule has 3 rings (SSSR count). The lowest BCUT2D eigenvalue weighted by molar-refractivity contribution is 0.0971. The number of halogens is 1.